The Morgan fingerprint density at radius 2 is 0.628 bits per heavy atom. The molecule has 0 aliphatic carbocycles. The molecule has 0 N–H and O–H groups in total. The van der Waals surface area contributed by atoms with Crippen molar-refractivity contribution in [2.24, 2.45) is 0 Å². The van der Waals surface area contributed by atoms with Crippen LogP contribution < -0.4 is 0 Å². The molecule has 0 fully saturated rings. The van der Waals surface area contributed by atoms with Gasteiger partial charge in [-0.25, -0.2) is 0 Å². The zero-order valence-electron chi connectivity index (χ0n) is 23.6. The molecule has 1 nitrogen and oxygen atoms in total. The first-order valence-corrected chi connectivity index (χ1v) is 14.7. The Bertz CT molecular complexity index is 2240. The van der Waals surface area contributed by atoms with Crippen molar-refractivity contribution in [3.05, 3.63) is 170 Å². The SMILES string of the molecule is c1ccc(-c2ccccc2-c2ccccc2-c2ccccc2-c2ccccc2-c2cccc3c2oc2ccccc23)cc1. The highest BCUT2D eigenvalue weighted by atomic mass is 16.3. The van der Waals surface area contributed by atoms with Crippen LogP contribution in [0.4, 0.5) is 0 Å². The van der Waals surface area contributed by atoms with Gasteiger partial charge in [0.1, 0.15) is 11.2 Å². The maximum Gasteiger partial charge on any atom is 0.143 e. The average molecular weight is 549 g/mol. The molecule has 0 aliphatic rings. The maximum absolute atomic E-state index is 6.48. The second-order valence-electron chi connectivity index (χ2n) is 10.8. The third-order valence-corrected chi connectivity index (χ3v) is 8.36. The molecule has 43 heavy (non-hydrogen) atoms. The summed E-state index contributed by atoms with van der Waals surface area (Å²) in [6, 6.07) is 60.3. The lowest BCUT2D eigenvalue weighted by Gasteiger charge is -2.18. The fraction of sp³-hybridized carbons (Fsp3) is 0. The molecule has 0 saturated carbocycles. The van der Waals surface area contributed by atoms with Gasteiger partial charge < -0.3 is 4.42 Å². The number of hydrogen-bond acceptors (Lipinski definition) is 1. The summed E-state index contributed by atoms with van der Waals surface area (Å²) in [6.07, 6.45) is 0. The number of hydrogen-bond donors (Lipinski definition) is 0. The van der Waals surface area contributed by atoms with Crippen molar-refractivity contribution in [1.82, 2.24) is 0 Å². The van der Waals surface area contributed by atoms with Crippen LogP contribution in [0.1, 0.15) is 0 Å². The number of para-hydroxylation sites is 2. The topological polar surface area (TPSA) is 13.1 Å². The molecule has 7 aromatic carbocycles. The van der Waals surface area contributed by atoms with Crippen molar-refractivity contribution in [2.45, 2.75) is 0 Å². The molecule has 202 valence electrons. The minimum atomic E-state index is 0.911. The first-order chi connectivity index (χ1) is 21.4. The Hall–Kier alpha value is -5.66. The third kappa shape index (κ3) is 4.34. The van der Waals surface area contributed by atoms with E-state index in [0.29, 0.717) is 0 Å². The van der Waals surface area contributed by atoms with Crippen LogP contribution in [-0.2, 0) is 0 Å². The number of rotatable bonds is 5. The quantitative estimate of drug-likeness (QED) is 0.208. The van der Waals surface area contributed by atoms with Gasteiger partial charge in [0.2, 0.25) is 0 Å². The highest BCUT2D eigenvalue weighted by Gasteiger charge is 2.19. The molecule has 0 aliphatic heterocycles. The molecule has 0 amide bonds. The first-order valence-electron chi connectivity index (χ1n) is 14.7. The normalized spacial score (nSPS) is 11.3. The Kier molecular flexibility index (Phi) is 6.20. The van der Waals surface area contributed by atoms with Crippen molar-refractivity contribution in [2.75, 3.05) is 0 Å². The summed E-state index contributed by atoms with van der Waals surface area (Å²) in [4.78, 5) is 0. The van der Waals surface area contributed by atoms with E-state index in [1.165, 1.54) is 44.5 Å². The minimum absolute atomic E-state index is 0.911. The molecule has 0 radical (unpaired) electrons. The van der Waals surface area contributed by atoms with E-state index < -0.39 is 0 Å². The van der Waals surface area contributed by atoms with Crippen molar-refractivity contribution < 1.29 is 4.42 Å². The first kappa shape index (κ1) is 25.1. The van der Waals surface area contributed by atoms with Crippen LogP contribution in [0.3, 0.4) is 0 Å². The third-order valence-electron chi connectivity index (χ3n) is 8.36. The predicted molar refractivity (Wildman–Crippen MR) is 181 cm³/mol. The monoisotopic (exact) mass is 548 g/mol. The fourth-order valence-corrected chi connectivity index (χ4v) is 6.41. The van der Waals surface area contributed by atoms with Gasteiger partial charge in [-0.05, 0) is 56.1 Å². The van der Waals surface area contributed by atoms with Gasteiger partial charge in [0.25, 0.3) is 0 Å². The number of furan rings is 1. The predicted octanol–water partition coefficient (Wildman–Crippen LogP) is 11.9. The van der Waals surface area contributed by atoms with E-state index in [1.54, 1.807) is 0 Å². The highest BCUT2D eigenvalue weighted by molar-refractivity contribution is 6.11. The van der Waals surface area contributed by atoms with E-state index in [9.17, 15) is 0 Å². The van der Waals surface area contributed by atoms with E-state index in [1.807, 2.05) is 12.1 Å². The van der Waals surface area contributed by atoms with Gasteiger partial charge in [-0.15, -0.1) is 0 Å². The van der Waals surface area contributed by atoms with Crippen LogP contribution in [0.25, 0.3) is 77.6 Å². The molecule has 1 heteroatoms. The standard InChI is InChI=1S/C42H28O/c1-2-15-29(16-3-1)30-17-4-5-18-31(30)32-19-6-7-20-33(32)34-21-8-9-22-35(34)36-23-10-11-24-37(36)39-26-14-27-40-38-25-12-13-28-41(38)43-42(39)40/h1-28H. The van der Waals surface area contributed by atoms with Gasteiger partial charge in [-0.3, -0.25) is 0 Å². The largest absolute Gasteiger partial charge is 0.455 e. The molecular weight excluding hydrogens is 520 g/mol. The smallest absolute Gasteiger partial charge is 0.143 e. The van der Waals surface area contributed by atoms with Crippen molar-refractivity contribution in [3.63, 3.8) is 0 Å². The maximum atomic E-state index is 6.48. The summed E-state index contributed by atoms with van der Waals surface area (Å²) in [6.45, 7) is 0. The molecule has 8 rings (SSSR count). The average Bonchev–Trinajstić information content (AvgIpc) is 3.48. The van der Waals surface area contributed by atoms with Gasteiger partial charge in [-0.2, -0.15) is 0 Å². The zero-order chi connectivity index (χ0) is 28.6. The van der Waals surface area contributed by atoms with E-state index in [4.69, 9.17) is 4.42 Å². The second kappa shape index (κ2) is 10.6. The Labute approximate surface area is 251 Å². The van der Waals surface area contributed by atoms with E-state index in [0.717, 1.165) is 33.1 Å². The summed E-state index contributed by atoms with van der Waals surface area (Å²) in [5.41, 5.74) is 13.7. The molecule has 8 aromatic rings. The van der Waals surface area contributed by atoms with Crippen LogP contribution in [-0.4, -0.2) is 0 Å². The van der Waals surface area contributed by atoms with Crippen LogP contribution >= 0.6 is 0 Å². The highest BCUT2D eigenvalue weighted by Crippen LogP contribution is 2.45. The Morgan fingerprint density at radius 3 is 1.19 bits per heavy atom. The van der Waals surface area contributed by atoms with Gasteiger partial charge in [0.05, 0.1) is 0 Å². The van der Waals surface area contributed by atoms with Gasteiger partial charge >= 0.3 is 0 Å². The molecule has 1 aromatic heterocycles. The molecule has 0 unspecified atom stereocenters. The lowest BCUT2D eigenvalue weighted by atomic mass is 9.85. The summed E-state index contributed by atoms with van der Waals surface area (Å²) in [7, 11) is 0. The number of benzene rings is 7. The van der Waals surface area contributed by atoms with Crippen LogP contribution in [0.15, 0.2) is 174 Å². The summed E-state index contributed by atoms with van der Waals surface area (Å²) >= 11 is 0. The molecule has 0 atom stereocenters. The molecule has 0 saturated heterocycles. The molecule has 1 heterocycles. The van der Waals surface area contributed by atoms with E-state index in [2.05, 4.69) is 158 Å². The number of fused-ring (bicyclic) bond motifs is 3. The van der Waals surface area contributed by atoms with Crippen LogP contribution in [0, 0.1) is 0 Å². The Morgan fingerprint density at radius 1 is 0.256 bits per heavy atom. The lowest BCUT2D eigenvalue weighted by molar-refractivity contribution is 0.670. The van der Waals surface area contributed by atoms with Crippen LogP contribution in [0.5, 0.6) is 0 Å². The van der Waals surface area contributed by atoms with Crippen molar-refractivity contribution in [3.8, 4) is 55.6 Å². The van der Waals surface area contributed by atoms with E-state index in [-0.39, 0.29) is 0 Å². The molecular formula is C42H28O. The van der Waals surface area contributed by atoms with Crippen molar-refractivity contribution >= 4 is 21.9 Å². The van der Waals surface area contributed by atoms with Gasteiger partial charge in [0.15, 0.2) is 0 Å². The Balaban J connectivity index is 1.34. The van der Waals surface area contributed by atoms with Crippen LogP contribution in [0.2, 0.25) is 0 Å². The van der Waals surface area contributed by atoms with Crippen molar-refractivity contribution in [1.29, 1.82) is 0 Å². The minimum Gasteiger partial charge on any atom is -0.455 e. The summed E-state index contributed by atoms with van der Waals surface area (Å²) in [5, 5.41) is 2.28. The molecule has 0 spiro atoms. The second-order valence-corrected chi connectivity index (χ2v) is 10.8. The summed E-state index contributed by atoms with van der Waals surface area (Å²) in [5.74, 6) is 0. The fourth-order valence-electron chi connectivity index (χ4n) is 6.41. The lowest BCUT2D eigenvalue weighted by Crippen LogP contribution is -1.92. The van der Waals surface area contributed by atoms with Gasteiger partial charge in [0, 0.05) is 16.3 Å². The zero-order valence-corrected chi connectivity index (χ0v) is 23.6. The van der Waals surface area contributed by atoms with E-state index >= 15 is 0 Å². The molecule has 0 bridgehead atoms. The van der Waals surface area contributed by atoms with Gasteiger partial charge in [-0.1, -0.05) is 164 Å². The summed E-state index contributed by atoms with van der Waals surface area (Å²) < 4.78 is 6.48.